The molecule has 30 heavy (non-hydrogen) atoms. The first-order chi connectivity index (χ1) is 14.5. The summed E-state index contributed by atoms with van der Waals surface area (Å²) in [5.74, 6) is 0.588. The highest BCUT2D eigenvalue weighted by atomic mass is 16.2. The van der Waals surface area contributed by atoms with Gasteiger partial charge in [-0.15, -0.1) is 0 Å². The number of nitrogens with zero attached hydrogens (tertiary/aromatic N) is 2. The SMILES string of the molecule is CNC(=O)c1ccc(Nc2cc(Nc3cccc4c3N(C(C)=O)CC4)ccn2)cc1. The summed E-state index contributed by atoms with van der Waals surface area (Å²) in [6.45, 7) is 2.30. The van der Waals surface area contributed by atoms with Crippen molar-refractivity contribution in [2.75, 3.05) is 29.1 Å². The van der Waals surface area contributed by atoms with E-state index in [0.29, 0.717) is 17.9 Å². The van der Waals surface area contributed by atoms with Gasteiger partial charge >= 0.3 is 0 Å². The number of pyridine rings is 1. The molecule has 1 aliphatic rings. The number of para-hydroxylation sites is 1. The summed E-state index contributed by atoms with van der Waals surface area (Å²) in [5, 5.41) is 9.27. The van der Waals surface area contributed by atoms with Gasteiger partial charge in [-0.05, 0) is 48.4 Å². The zero-order valence-corrected chi connectivity index (χ0v) is 16.9. The number of benzene rings is 2. The molecule has 0 aliphatic carbocycles. The summed E-state index contributed by atoms with van der Waals surface area (Å²) in [5.41, 5.74) is 5.29. The summed E-state index contributed by atoms with van der Waals surface area (Å²) >= 11 is 0. The first-order valence-electron chi connectivity index (χ1n) is 9.77. The number of anilines is 5. The molecule has 2 heterocycles. The molecule has 0 unspecified atom stereocenters. The maximum Gasteiger partial charge on any atom is 0.251 e. The number of hydrogen-bond donors (Lipinski definition) is 3. The second-order valence-electron chi connectivity index (χ2n) is 7.07. The van der Waals surface area contributed by atoms with Crippen molar-refractivity contribution < 1.29 is 9.59 Å². The molecule has 152 valence electrons. The van der Waals surface area contributed by atoms with Gasteiger partial charge in [-0.1, -0.05) is 12.1 Å². The molecule has 4 rings (SSSR count). The van der Waals surface area contributed by atoms with Crippen LogP contribution in [0.4, 0.5) is 28.6 Å². The lowest BCUT2D eigenvalue weighted by atomic mass is 10.1. The lowest BCUT2D eigenvalue weighted by molar-refractivity contribution is -0.116. The second-order valence-corrected chi connectivity index (χ2v) is 7.07. The average Bonchev–Trinajstić information content (AvgIpc) is 3.20. The van der Waals surface area contributed by atoms with Crippen molar-refractivity contribution in [3.63, 3.8) is 0 Å². The third-order valence-electron chi connectivity index (χ3n) is 5.06. The molecule has 0 saturated carbocycles. The summed E-state index contributed by atoms with van der Waals surface area (Å²) in [6.07, 6.45) is 2.58. The quantitative estimate of drug-likeness (QED) is 0.605. The average molecular weight is 401 g/mol. The molecular weight excluding hydrogens is 378 g/mol. The van der Waals surface area contributed by atoms with Gasteiger partial charge < -0.3 is 20.9 Å². The van der Waals surface area contributed by atoms with E-state index in [1.54, 1.807) is 32.3 Å². The van der Waals surface area contributed by atoms with Gasteiger partial charge in [-0.3, -0.25) is 9.59 Å². The smallest absolute Gasteiger partial charge is 0.251 e. The van der Waals surface area contributed by atoms with Crippen LogP contribution in [0, 0.1) is 0 Å². The normalized spacial score (nSPS) is 12.3. The molecule has 0 fully saturated rings. The van der Waals surface area contributed by atoms with E-state index in [1.807, 2.05) is 41.3 Å². The molecule has 2 amide bonds. The molecule has 1 aliphatic heterocycles. The Hall–Kier alpha value is -3.87. The Morgan fingerprint density at radius 2 is 1.80 bits per heavy atom. The lowest BCUT2D eigenvalue weighted by Crippen LogP contribution is -2.26. The fraction of sp³-hybridized carbons (Fsp3) is 0.174. The van der Waals surface area contributed by atoms with Gasteiger partial charge in [0.1, 0.15) is 5.82 Å². The Labute approximate surface area is 175 Å². The lowest BCUT2D eigenvalue weighted by Gasteiger charge is -2.19. The second kappa shape index (κ2) is 8.24. The first kappa shape index (κ1) is 19.4. The van der Waals surface area contributed by atoms with E-state index in [4.69, 9.17) is 0 Å². The Morgan fingerprint density at radius 3 is 2.53 bits per heavy atom. The van der Waals surface area contributed by atoms with Gasteiger partial charge in [0.05, 0.1) is 11.4 Å². The zero-order chi connectivity index (χ0) is 21.1. The zero-order valence-electron chi connectivity index (χ0n) is 16.9. The largest absolute Gasteiger partial charge is 0.355 e. The number of carbonyl (C=O) groups excluding carboxylic acids is 2. The van der Waals surface area contributed by atoms with Gasteiger partial charge in [-0.2, -0.15) is 0 Å². The van der Waals surface area contributed by atoms with Crippen molar-refractivity contribution >= 4 is 40.4 Å². The van der Waals surface area contributed by atoms with Gasteiger partial charge in [0, 0.05) is 49.7 Å². The summed E-state index contributed by atoms with van der Waals surface area (Å²) in [6, 6.07) is 17.0. The molecule has 0 atom stereocenters. The summed E-state index contributed by atoms with van der Waals surface area (Å²) in [4.78, 5) is 29.9. The van der Waals surface area contributed by atoms with Gasteiger partial charge in [-0.25, -0.2) is 4.98 Å². The maximum absolute atomic E-state index is 12.0. The number of aromatic nitrogens is 1. The monoisotopic (exact) mass is 401 g/mol. The van der Waals surface area contributed by atoms with E-state index in [-0.39, 0.29) is 11.8 Å². The highest BCUT2D eigenvalue weighted by Crippen LogP contribution is 2.37. The Morgan fingerprint density at radius 1 is 1.00 bits per heavy atom. The first-order valence-corrected chi connectivity index (χ1v) is 9.77. The van der Waals surface area contributed by atoms with Crippen LogP contribution in [-0.2, 0) is 11.2 Å². The topological polar surface area (TPSA) is 86.4 Å². The highest BCUT2D eigenvalue weighted by molar-refractivity contribution is 5.98. The molecule has 3 N–H and O–H groups in total. The molecule has 0 bridgehead atoms. The van der Waals surface area contributed by atoms with Crippen LogP contribution >= 0.6 is 0 Å². The molecule has 0 spiro atoms. The van der Waals surface area contributed by atoms with Crippen LogP contribution < -0.4 is 20.9 Å². The van der Waals surface area contributed by atoms with Crippen molar-refractivity contribution in [1.82, 2.24) is 10.3 Å². The predicted molar refractivity (Wildman–Crippen MR) is 119 cm³/mol. The highest BCUT2D eigenvalue weighted by Gasteiger charge is 2.25. The van der Waals surface area contributed by atoms with Crippen LogP contribution in [0.1, 0.15) is 22.8 Å². The van der Waals surface area contributed by atoms with Crippen molar-refractivity contribution in [2.45, 2.75) is 13.3 Å². The van der Waals surface area contributed by atoms with Crippen molar-refractivity contribution in [3.8, 4) is 0 Å². The van der Waals surface area contributed by atoms with Gasteiger partial charge in [0.25, 0.3) is 5.91 Å². The molecule has 3 aromatic rings. The summed E-state index contributed by atoms with van der Waals surface area (Å²) < 4.78 is 0. The van der Waals surface area contributed by atoms with Crippen LogP contribution in [0.5, 0.6) is 0 Å². The third kappa shape index (κ3) is 3.96. The van der Waals surface area contributed by atoms with Crippen LogP contribution in [0.15, 0.2) is 60.8 Å². The van der Waals surface area contributed by atoms with Gasteiger partial charge in [0.2, 0.25) is 5.91 Å². The number of rotatable bonds is 5. The van der Waals surface area contributed by atoms with E-state index < -0.39 is 0 Å². The Balaban J connectivity index is 1.53. The van der Waals surface area contributed by atoms with E-state index in [2.05, 4.69) is 27.0 Å². The minimum absolute atomic E-state index is 0.0419. The molecule has 1 aromatic heterocycles. The van der Waals surface area contributed by atoms with Crippen molar-refractivity contribution in [2.24, 2.45) is 0 Å². The number of amides is 2. The molecule has 7 nitrogen and oxygen atoms in total. The van der Waals surface area contributed by atoms with Crippen molar-refractivity contribution in [1.29, 1.82) is 0 Å². The van der Waals surface area contributed by atoms with Crippen LogP contribution in [-0.4, -0.2) is 30.4 Å². The fourth-order valence-electron chi connectivity index (χ4n) is 3.60. The summed E-state index contributed by atoms with van der Waals surface area (Å²) in [7, 11) is 1.61. The molecule has 0 saturated heterocycles. The molecule has 2 aromatic carbocycles. The fourth-order valence-corrected chi connectivity index (χ4v) is 3.60. The number of hydrogen-bond acceptors (Lipinski definition) is 5. The minimum atomic E-state index is -0.124. The van der Waals surface area contributed by atoms with E-state index in [1.165, 1.54) is 5.56 Å². The minimum Gasteiger partial charge on any atom is -0.355 e. The van der Waals surface area contributed by atoms with Crippen LogP contribution in [0.3, 0.4) is 0 Å². The van der Waals surface area contributed by atoms with E-state index in [9.17, 15) is 9.59 Å². The van der Waals surface area contributed by atoms with Crippen molar-refractivity contribution in [3.05, 3.63) is 71.9 Å². The Bertz CT molecular complexity index is 1100. The van der Waals surface area contributed by atoms with Gasteiger partial charge in [0.15, 0.2) is 0 Å². The number of nitrogens with one attached hydrogen (secondary N) is 3. The number of carbonyl (C=O) groups is 2. The van der Waals surface area contributed by atoms with Crippen LogP contribution in [0.2, 0.25) is 0 Å². The van der Waals surface area contributed by atoms with Crippen LogP contribution in [0.25, 0.3) is 0 Å². The molecule has 7 heteroatoms. The maximum atomic E-state index is 12.0. The van der Waals surface area contributed by atoms with E-state index in [0.717, 1.165) is 29.2 Å². The standard InChI is InChI=1S/C23H23N5O2/c1-15(29)28-13-11-16-4-3-5-20(22(16)28)26-19-10-12-25-21(14-19)27-18-8-6-17(7-9-18)23(30)24-2/h3-10,12,14H,11,13H2,1-2H3,(H,24,30)(H2,25,26,27). The molecular formula is C23H23N5O2. The van der Waals surface area contributed by atoms with E-state index >= 15 is 0 Å². The predicted octanol–water partition coefficient (Wildman–Crippen LogP) is 3.84. The Kier molecular flexibility index (Phi) is 5.34. The molecule has 0 radical (unpaired) electrons. The number of fused-ring (bicyclic) bond motifs is 1. The third-order valence-corrected chi connectivity index (χ3v) is 5.06.